The molecule has 1 N–H and O–H groups in total. The number of aromatic hydroxyl groups is 1. The van der Waals surface area contributed by atoms with Crippen LogP contribution in [-0.2, 0) is 12.3 Å². The normalized spacial score (nSPS) is 17.2. The number of hydrogen-bond acceptors (Lipinski definition) is 4. The minimum atomic E-state index is -0.147. The molecule has 20 heavy (non-hydrogen) atoms. The molecule has 0 bridgehead atoms. The highest BCUT2D eigenvalue weighted by Gasteiger charge is 2.28. The summed E-state index contributed by atoms with van der Waals surface area (Å²) in [6.07, 6.45) is 0. The lowest BCUT2D eigenvalue weighted by atomic mass is 10.2. The van der Waals surface area contributed by atoms with Crippen molar-refractivity contribution in [2.45, 2.75) is 24.6 Å². The first-order chi connectivity index (χ1) is 9.61. The van der Waals surface area contributed by atoms with Gasteiger partial charge in [0.2, 0.25) is 5.88 Å². The second-order valence-corrected chi connectivity index (χ2v) is 6.07. The van der Waals surface area contributed by atoms with Gasteiger partial charge in [0, 0.05) is 5.75 Å². The van der Waals surface area contributed by atoms with E-state index in [2.05, 4.69) is 0 Å². The van der Waals surface area contributed by atoms with Crippen molar-refractivity contribution in [1.29, 1.82) is 0 Å². The molecule has 0 aliphatic carbocycles. The predicted octanol–water partition coefficient (Wildman–Crippen LogP) is 2.18. The average Bonchev–Trinajstić information content (AvgIpc) is 2.95. The average molecular weight is 292 g/mol. The summed E-state index contributed by atoms with van der Waals surface area (Å²) in [7, 11) is 1.61. The zero-order valence-electron chi connectivity index (χ0n) is 11.4. The van der Waals surface area contributed by atoms with Gasteiger partial charge in [-0.1, -0.05) is 12.1 Å². The van der Waals surface area contributed by atoms with Gasteiger partial charge in [-0.25, -0.2) is 4.79 Å². The second kappa shape index (κ2) is 4.94. The summed E-state index contributed by atoms with van der Waals surface area (Å²) in [5.74, 6) is 1.54. The Hall–Kier alpha value is -1.82. The molecule has 1 aromatic carbocycles. The summed E-state index contributed by atoms with van der Waals surface area (Å²) in [5.41, 5.74) is 1.53. The van der Waals surface area contributed by atoms with Crippen molar-refractivity contribution in [3.63, 3.8) is 0 Å². The Balaban J connectivity index is 1.95. The lowest BCUT2D eigenvalue weighted by Gasteiger charge is -2.06. The van der Waals surface area contributed by atoms with E-state index in [1.807, 2.05) is 31.2 Å². The zero-order valence-corrected chi connectivity index (χ0v) is 12.2. The van der Waals surface area contributed by atoms with Gasteiger partial charge in [0.25, 0.3) is 0 Å². The molecule has 106 valence electrons. The van der Waals surface area contributed by atoms with Crippen LogP contribution in [-0.4, -0.2) is 21.4 Å². The molecule has 0 saturated carbocycles. The lowest BCUT2D eigenvalue weighted by molar-refractivity contribution is 0.413. The van der Waals surface area contributed by atoms with Gasteiger partial charge < -0.3 is 9.84 Å². The van der Waals surface area contributed by atoms with Crippen LogP contribution in [0.15, 0.2) is 29.1 Å². The maximum absolute atomic E-state index is 12.3. The fourth-order valence-corrected chi connectivity index (χ4v) is 3.47. The fourth-order valence-electron chi connectivity index (χ4n) is 2.44. The van der Waals surface area contributed by atoms with Crippen molar-refractivity contribution in [2.75, 3.05) is 7.11 Å². The Morgan fingerprint density at radius 3 is 2.70 bits per heavy atom. The number of hydrogen-bond donors (Lipinski definition) is 1. The van der Waals surface area contributed by atoms with E-state index in [9.17, 15) is 9.90 Å². The molecular weight excluding hydrogens is 276 g/mol. The quantitative estimate of drug-likeness (QED) is 0.942. The molecule has 1 atom stereocenters. The number of rotatable bonds is 3. The van der Waals surface area contributed by atoms with E-state index in [-0.39, 0.29) is 16.9 Å². The molecule has 2 heterocycles. The van der Waals surface area contributed by atoms with Crippen molar-refractivity contribution < 1.29 is 9.84 Å². The Morgan fingerprint density at radius 2 is 2.10 bits per heavy atom. The molecule has 1 unspecified atom stereocenters. The minimum absolute atomic E-state index is 0.0838. The highest BCUT2D eigenvalue weighted by molar-refractivity contribution is 7.98. The van der Waals surface area contributed by atoms with Crippen molar-refractivity contribution in [3.8, 4) is 11.6 Å². The Labute approximate surface area is 120 Å². The summed E-state index contributed by atoms with van der Waals surface area (Å²) in [6, 6.07) is 7.48. The van der Waals surface area contributed by atoms with Gasteiger partial charge in [-0.3, -0.25) is 9.13 Å². The topological polar surface area (TPSA) is 56.4 Å². The molecule has 2 aromatic rings. The van der Waals surface area contributed by atoms with Gasteiger partial charge in [0.15, 0.2) is 0 Å². The number of ether oxygens (including phenoxy) is 1. The standard InChI is InChI=1S/C14H16N2O3S/c1-9-16-12(8-20-9)13(17)15(14(16)18)7-10-3-5-11(19-2)6-4-10/h3-6,9,17H,7-8H2,1-2H3. The number of thioether (sulfide) groups is 1. The molecule has 1 aromatic heterocycles. The van der Waals surface area contributed by atoms with Crippen molar-refractivity contribution in [1.82, 2.24) is 9.13 Å². The Bertz CT molecular complexity index is 688. The number of nitrogens with zero attached hydrogens (tertiary/aromatic N) is 2. The third kappa shape index (κ3) is 2.00. The smallest absolute Gasteiger partial charge is 0.332 e. The van der Waals surface area contributed by atoms with Gasteiger partial charge in [0.1, 0.15) is 5.75 Å². The fraction of sp³-hybridized carbons (Fsp3) is 0.357. The van der Waals surface area contributed by atoms with E-state index < -0.39 is 0 Å². The summed E-state index contributed by atoms with van der Waals surface area (Å²) in [6.45, 7) is 2.34. The third-order valence-corrected chi connectivity index (χ3v) is 4.70. The molecule has 0 amide bonds. The molecular formula is C14H16N2O3S. The summed E-state index contributed by atoms with van der Waals surface area (Å²) < 4.78 is 8.20. The summed E-state index contributed by atoms with van der Waals surface area (Å²) >= 11 is 1.65. The van der Waals surface area contributed by atoms with Crippen molar-refractivity contribution in [3.05, 3.63) is 46.0 Å². The van der Waals surface area contributed by atoms with Gasteiger partial charge in [-0.15, -0.1) is 11.8 Å². The molecule has 3 rings (SSSR count). The Morgan fingerprint density at radius 1 is 1.40 bits per heavy atom. The molecule has 0 spiro atoms. The first-order valence-electron chi connectivity index (χ1n) is 6.39. The summed E-state index contributed by atoms with van der Waals surface area (Å²) in [5, 5.41) is 10.3. The third-order valence-electron chi connectivity index (χ3n) is 3.57. The highest BCUT2D eigenvalue weighted by atomic mass is 32.2. The molecule has 5 nitrogen and oxygen atoms in total. The number of fused-ring (bicyclic) bond motifs is 1. The maximum Gasteiger partial charge on any atom is 0.332 e. The van der Waals surface area contributed by atoms with Crippen LogP contribution in [0, 0.1) is 0 Å². The zero-order chi connectivity index (χ0) is 14.3. The number of benzene rings is 1. The molecule has 0 fully saturated rings. The largest absolute Gasteiger partial charge is 0.497 e. The van der Waals surface area contributed by atoms with Gasteiger partial charge >= 0.3 is 5.69 Å². The monoisotopic (exact) mass is 292 g/mol. The van der Waals surface area contributed by atoms with E-state index >= 15 is 0 Å². The number of methoxy groups -OCH3 is 1. The lowest BCUT2D eigenvalue weighted by Crippen LogP contribution is -2.25. The second-order valence-electron chi connectivity index (χ2n) is 4.77. The van der Waals surface area contributed by atoms with Crippen LogP contribution < -0.4 is 10.4 Å². The first kappa shape index (κ1) is 13.2. The molecule has 1 aliphatic rings. The predicted molar refractivity (Wildman–Crippen MR) is 78.5 cm³/mol. The van der Waals surface area contributed by atoms with Crippen molar-refractivity contribution in [2.24, 2.45) is 0 Å². The molecule has 0 radical (unpaired) electrons. The van der Waals surface area contributed by atoms with Crippen LogP contribution in [0.3, 0.4) is 0 Å². The molecule has 6 heteroatoms. The minimum Gasteiger partial charge on any atom is -0.497 e. The van der Waals surface area contributed by atoms with Crippen LogP contribution >= 0.6 is 11.8 Å². The van der Waals surface area contributed by atoms with Crippen LogP contribution in [0.4, 0.5) is 0 Å². The maximum atomic E-state index is 12.3. The van der Waals surface area contributed by atoms with Gasteiger partial charge in [-0.2, -0.15) is 0 Å². The van der Waals surface area contributed by atoms with Gasteiger partial charge in [-0.05, 0) is 24.6 Å². The molecule has 1 aliphatic heterocycles. The van der Waals surface area contributed by atoms with Crippen molar-refractivity contribution >= 4 is 11.8 Å². The van der Waals surface area contributed by atoms with E-state index in [0.717, 1.165) is 17.0 Å². The van der Waals surface area contributed by atoms with E-state index in [1.165, 1.54) is 4.57 Å². The van der Waals surface area contributed by atoms with E-state index in [0.29, 0.717) is 12.3 Å². The van der Waals surface area contributed by atoms with Crippen LogP contribution in [0.1, 0.15) is 23.6 Å². The van der Waals surface area contributed by atoms with Crippen LogP contribution in [0.25, 0.3) is 0 Å². The first-order valence-corrected chi connectivity index (χ1v) is 7.44. The van der Waals surface area contributed by atoms with E-state index in [1.54, 1.807) is 23.4 Å². The van der Waals surface area contributed by atoms with Crippen LogP contribution in [0.2, 0.25) is 0 Å². The number of imidazole rings is 1. The van der Waals surface area contributed by atoms with Crippen LogP contribution in [0.5, 0.6) is 11.6 Å². The SMILES string of the molecule is COc1ccc(Cn2c(O)c3n(c2=O)C(C)SC3)cc1. The highest BCUT2D eigenvalue weighted by Crippen LogP contribution is 2.37. The van der Waals surface area contributed by atoms with Gasteiger partial charge in [0.05, 0.1) is 24.7 Å². The number of aromatic nitrogens is 2. The molecule has 0 saturated heterocycles. The van der Waals surface area contributed by atoms with E-state index in [4.69, 9.17) is 4.74 Å². The Kier molecular flexibility index (Phi) is 3.25. The summed E-state index contributed by atoms with van der Waals surface area (Å²) in [4.78, 5) is 12.3.